The molecule has 0 fully saturated rings. The number of ketones is 1. The van der Waals surface area contributed by atoms with E-state index >= 15 is 0 Å². The second-order valence-electron chi connectivity index (χ2n) is 3.83. The maximum absolute atomic E-state index is 12.0. The third-order valence-corrected chi connectivity index (χ3v) is 3.24. The first-order valence-corrected chi connectivity index (χ1v) is 6.08. The van der Waals surface area contributed by atoms with Crippen LogP contribution in [-0.2, 0) is 4.79 Å². The number of hydrogen-bond acceptors (Lipinski definition) is 2. The molecule has 0 heterocycles. The largest absolute Gasteiger partial charge is 0.298 e. The van der Waals surface area contributed by atoms with Crippen molar-refractivity contribution in [3.63, 3.8) is 0 Å². The summed E-state index contributed by atoms with van der Waals surface area (Å²) in [6.07, 6.45) is 0.771. The Morgan fingerprint density at radius 3 is 2.44 bits per heavy atom. The predicted octanol–water partition coefficient (Wildman–Crippen LogP) is 3.67. The highest BCUT2D eigenvalue weighted by Gasteiger charge is 2.23. The average Bonchev–Trinajstić information content (AvgIpc) is 2.31. The first-order chi connectivity index (χ1) is 7.60. The maximum atomic E-state index is 12.0. The molecule has 2 unspecified atom stereocenters. The molecule has 0 saturated carbocycles. The zero-order valence-electron chi connectivity index (χ0n) is 9.40. The van der Waals surface area contributed by atoms with E-state index in [4.69, 9.17) is 5.26 Å². The molecule has 2 atom stereocenters. The number of Topliss-reactive ketones (excluding diaryl/α,β-unsaturated/α-hetero) is 1. The molecule has 1 aromatic rings. The molecule has 0 N–H and O–H groups in total. The minimum Gasteiger partial charge on any atom is -0.298 e. The second-order valence-corrected chi connectivity index (χ2v) is 4.74. The monoisotopic (exact) mass is 279 g/mol. The Morgan fingerprint density at radius 1 is 1.44 bits per heavy atom. The van der Waals surface area contributed by atoms with Gasteiger partial charge in [0.2, 0.25) is 0 Å². The lowest BCUT2D eigenvalue weighted by atomic mass is 9.88. The highest BCUT2D eigenvalue weighted by Crippen LogP contribution is 2.23. The van der Waals surface area contributed by atoms with E-state index in [2.05, 4.69) is 22.0 Å². The molecule has 0 aliphatic rings. The van der Waals surface area contributed by atoms with Crippen molar-refractivity contribution >= 4 is 21.7 Å². The number of nitrogens with zero attached hydrogens (tertiary/aromatic N) is 1. The van der Waals surface area contributed by atoms with Gasteiger partial charge >= 0.3 is 0 Å². The molecule has 0 aliphatic carbocycles. The Bertz CT molecular complexity index is 405. The van der Waals surface area contributed by atoms with E-state index in [9.17, 15) is 4.79 Å². The SMILES string of the molecule is CCC(C)C(=O)C(C#N)c1ccc(Br)cc1. The van der Waals surface area contributed by atoms with Gasteiger partial charge in [-0.1, -0.05) is 41.9 Å². The Morgan fingerprint density at radius 2 is 2.00 bits per heavy atom. The van der Waals surface area contributed by atoms with Crippen molar-refractivity contribution in [1.29, 1.82) is 5.26 Å². The predicted molar refractivity (Wildman–Crippen MR) is 67.0 cm³/mol. The summed E-state index contributed by atoms with van der Waals surface area (Å²) in [7, 11) is 0. The van der Waals surface area contributed by atoms with E-state index in [0.717, 1.165) is 16.5 Å². The van der Waals surface area contributed by atoms with Gasteiger partial charge in [0.1, 0.15) is 5.92 Å². The van der Waals surface area contributed by atoms with E-state index in [1.54, 1.807) is 0 Å². The Labute approximate surface area is 104 Å². The Balaban J connectivity index is 2.96. The van der Waals surface area contributed by atoms with Gasteiger partial charge in [0.15, 0.2) is 5.78 Å². The van der Waals surface area contributed by atoms with E-state index in [1.807, 2.05) is 38.1 Å². The molecule has 0 spiro atoms. The fourth-order valence-electron chi connectivity index (χ4n) is 1.44. The lowest BCUT2D eigenvalue weighted by Crippen LogP contribution is -2.18. The molecule has 2 nitrogen and oxygen atoms in total. The summed E-state index contributed by atoms with van der Waals surface area (Å²) in [5.41, 5.74) is 0.774. The second kappa shape index (κ2) is 5.81. The number of carbonyl (C=O) groups is 1. The van der Waals surface area contributed by atoms with Crippen molar-refractivity contribution < 1.29 is 4.79 Å². The summed E-state index contributed by atoms with van der Waals surface area (Å²) in [6, 6.07) is 9.42. The van der Waals surface area contributed by atoms with E-state index in [0.29, 0.717) is 0 Å². The maximum Gasteiger partial charge on any atom is 0.157 e. The molecule has 0 aromatic heterocycles. The van der Waals surface area contributed by atoms with Crippen LogP contribution in [0.1, 0.15) is 31.7 Å². The fourth-order valence-corrected chi connectivity index (χ4v) is 1.71. The van der Waals surface area contributed by atoms with Gasteiger partial charge in [-0.15, -0.1) is 0 Å². The third-order valence-electron chi connectivity index (χ3n) is 2.72. The Hall–Kier alpha value is -1.14. The highest BCUT2D eigenvalue weighted by molar-refractivity contribution is 9.10. The molecule has 84 valence electrons. The van der Waals surface area contributed by atoms with E-state index in [1.165, 1.54) is 0 Å². The summed E-state index contributed by atoms with van der Waals surface area (Å²) in [4.78, 5) is 12.0. The summed E-state index contributed by atoms with van der Waals surface area (Å²) in [5.74, 6) is -0.691. The van der Waals surface area contributed by atoms with Crippen LogP contribution in [0, 0.1) is 17.2 Å². The molecule has 1 aromatic carbocycles. The molecule has 3 heteroatoms. The van der Waals surface area contributed by atoms with Crippen molar-refractivity contribution in [3.05, 3.63) is 34.3 Å². The van der Waals surface area contributed by atoms with Gasteiger partial charge in [0, 0.05) is 10.4 Å². The number of hydrogen-bond donors (Lipinski definition) is 0. The van der Waals surface area contributed by atoms with Gasteiger partial charge in [-0.3, -0.25) is 4.79 Å². The van der Waals surface area contributed by atoms with Crippen LogP contribution in [0.25, 0.3) is 0 Å². The van der Waals surface area contributed by atoms with Crippen LogP contribution in [-0.4, -0.2) is 5.78 Å². The first kappa shape index (κ1) is 12.9. The molecule has 1 rings (SSSR count). The van der Waals surface area contributed by atoms with Crippen molar-refractivity contribution in [3.8, 4) is 6.07 Å². The molecular formula is C13H14BrNO. The summed E-state index contributed by atoms with van der Waals surface area (Å²) < 4.78 is 0.948. The van der Waals surface area contributed by atoms with Crippen molar-refractivity contribution in [2.75, 3.05) is 0 Å². The molecule has 0 radical (unpaired) electrons. The van der Waals surface area contributed by atoms with Crippen LogP contribution < -0.4 is 0 Å². The van der Waals surface area contributed by atoms with Gasteiger partial charge in [0.05, 0.1) is 6.07 Å². The summed E-state index contributed by atoms with van der Waals surface area (Å²) in [6.45, 7) is 3.82. The van der Waals surface area contributed by atoms with Gasteiger partial charge in [0.25, 0.3) is 0 Å². The van der Waals surface area contributed by atoms with Gasteiger partial charge in [-0.05, 0) is 24.1 Å². The van der Waals surface area contributed by atoms with E-state index < -0.39 is 5.92 Å². The number of nitriles is 1. The van der Waals surface area contributed by atoms with E-state index in [-0.39, 0.29) is 11.7 Å². The van der Waals surface area contributed by atoms with Gasteiger partial charge in [-0.25, -0.2) is 0 Å². The number of halogens is 1. The van der Waals surface area contributed by atoms with Crippen LogP contribution in [0.3, 0.4) is 0 Å². The van der Waals surface area contributed by atoms with Crippen LogP contribution >= 0.6 is 15.9 Å². The number of carbonyl (C=O) groups excluding carboxylic acids is 1. The first-order valence-electron chi connectivity index (χ1n) is 5.29. The lowest BCUT2D eigenvalue weighted by Gasteiger charge is -2.13. The van der Waals surface area contributed by atoms with Crippen LogP contribution in [0.15, 0.2) is 28.7 Å². The lowest BCUT2D eigenvalue weighted by molar-refractivity contribution is -0.122. The van der Waals surface area contributed by atoms with Gasteiger partial charge in [-0.2, -0.15) is 5.26 Å². The molecule has 0 amide bonds. The van der Waals surface area contributed by atoms with Crippen molar-refractivity contribution in [2.45, 2.75) is 26.2 Å². The number of benzene rings is 1. The molecule has 16 heavy (non-hydrogen) atoms. The molecule has 0 bridgehead atoms. The molecule has 0 aliphatic heterocycles. The zero-order valence-corrected chi connectivity index (χ0v) is 11.0. The number of rotatable bonds is 4. The summed E-state index contributed by atoms with van der Waals surface area (Å²) >= 11 is 3.33. The minimum atomic E-state index is -0.636. The fraction of sp³-hybridized carbons (Fsp3) is 0.385. The summed E-state index contributed by atoms with van der Waals surface area (Å²) in [5, 5.41) is 9.08. The van der Waals surface area contributed by atoms with Crippen LogP contribution in [0.2, 0.25) is 0 Å². The van der Waals surface area contributed by atoms with Gasteiger partial charge < -0.3 is 0 Å². The molecular weight excluding hydrogens is 266 g/mol. The smallest absolute Gasteiger partial charge is 0.157 e. The minimum absolute atomic E-state index is 0.00678. The average molecular weight is 280 g/mol. The van der Waals surface area contributed by atoms with Crippen LogP contribution in [0.5, 0.6) is 0 Å². The normalized spacial score (nSPS) is 13.9. The van der Waals surface area contributed by atoms with Crippen molar-refractivity contribution in [1.82, 2.24) is 0 Å². The third kappa shape index (κ3) is 2.93. The van der Waals surface area contributed by atoms with Crippen LogP contribution in [0.4, 0.5) is 0 Å². The quantitative estimate of drug-likeness (QED) is 0.844. The highest BCUT2D eigenvalue weighted by atomic mass is 79.9. The van der Waals surface area contributed by atoms with Crippen molar-refractivity contribution in [2.24, 2.45) is 5.92 Å². The molecule has 0 saturated heterocycles. The Kier molecular flexibility index (Phi) is 4.70. The topological polar surface area (TPSA) is 40.9 Å². The standard InChI is InChI=1S/C13H14BrNO/c1-3-9(2)13(16)12(8-15)10-4-6-11(14)7-5-10/h4-7,9,12H,3H2,1-2H3. The zero-order chi connectivity index (χ0) is 12.1.